The number of fused-ring (bicyclic) bond motifs is 1. The highest BCUT2D eigenvalue weighted by atomic mass is 16.5. The largest absolute Gasteiger partial charge is 0.497 e. The van der Waals surface area contributed by atoms with Crippen LogP contribution in [0.2, 0.25) is 0 Å². The third kappa shape index (κ3) is 2.19. The fourth-order valence-electron chi connectivity index (χ4n) is 2.35. The summed E-state index contributed by atoms with van der Waals surface area (Å²) in [4.78, 5) is 4.58. The zero-order valence-corrected chi connectivity index (χ0v) is 11.1. The number of hydrogen-bond acceptors (Lipinski definition) is 2. The summed E-state index contributed by atoms with van der Waals surface area (Å²) in [7, 11) is 1.69. The molecule has 0 aliphatic carbocycles. The van der Waals surface area contributed by atoms with Crippen LogP contribution in [0, 0.1) is 6.92 Å². The molecule has 96 valence electrons. The molecule has 0 aliphatic rings. The molecule has 0 saturated heterocycles. The van der Waals surface area contributed by atoms with E-state index in [9.17, 15) is 0 Å². The number of hydrogen-bond donors (Lipinski definition) is 0. The van der Waals surface area contributed by atoms with Gasteiger partial charge in [-0.15, -0.1) is 0 Å². The van der Waals surface area contributed by atoms with Gasteiger partial charge in [-0.05, 0) is 36.8 Å². The van der Waals surface area contributed by atoms with Crippen LogP contribution in [0.3, 0.4) is 0 Å². The van der Waals surface area contributed by atoms with E-state index in [-0.39, 0.29) is 0 Å². The molecule has 0 saturated carbocycles. The maximum atomic E-state index is 5.27. The van der Waals surface area contributed by atoms with E-state index in [1.54, 1.807) is 7.11 Å². The van der Waals surface area contributed by atoms with E-state index in [1.165, 1.54) is 11.1 Å². The van der Waals surface area contributed by atoms with Crippen molar-refractivity contribution in [2.24, 2.45) is 0 Å². The zero-order chi connectivity index (χ0) is 13.2. The minimum absolute atomic E-state index is 0.809. The van der Waals surface area contributed by atoms with E-state index in [0.29, 0.717) is 0 Å². The standard InChI is InChI=1S/C16H16N2O/c1-12-17-15-8-3-4-9-16(15)18(12)11-13-6-5-7-14(10-13)19-2/h3-10H,11H2,1-2H3. The smallest absolute Gasteiger partial charge is 0.119 e. The summed E-state index contributed by atoms with van der Waals surface area (Å²) in [6.45, 7) is 2.85. The predicted octanol–water partition coefficient (Wildman–Crippen LogP) is 3.40. The van der Waals surface area contributed by atoms with Gasteiger partial charge in [0.25, 0.3) is 0 Å². The second-order valence-corrected chi connectivity index (χ2v) is 4.59. The first-order valence-corrected chi connectivity index (χ1v) is 6.33. The fraction of sp³-hybridized carbons (Fsp3) is 0.188. The number of ether oxygens (including phenoxy) is 1. The van der Waals surface area contributed by atoms with E-state index < -0.39 is 0 Å². The number of rotatable bonds is 3. The molecule has 0 aliphatic heterocycles. The summed E-state index contributed by atoms with van der Waals surface area (Å²) >= 11 is 0. The maximum Gasteiger partial charge on any atom is 0.119 e. The summed E-state index contributed by atoms with van der Waals surface area (Å²) in [5.41, 5.74) is 3.43. The molecule has 0 atom stereocenters. The summed E-state index contributed by atoms with van der Waals surface area (Å²) in [5.74, 6) is 1.92. The van der Waals surface area contributed by atoms with Gasteiger partial charge in [-0.3, -0.25) is 0 Å². The molecule has 1 heterocycles. The number of benzene rings is 2. The topological polar surface area (TPSA) is 27.1 Å². The lowest BCUT2D eigenvalue weighted by Gasteiger charge is -2.08. The molecule has 0 spiro atoms. The quantitative estimate of drug-likeness (QED) is 0.714. The van der Waals surface area contributed by atoms with Gasteiger partial charge in [-0.1, -0.05) is 24.3 Å². The minimum Gasteiger partial charge on any atom is -0.497 e. The Balaban J connectivity index is 2.02. The highest BCUT2D eigenvalue weighted by Crippen LogP contribution is 2.19. The molecule has 0 radical (unpaired) electrons. The first-order valence-electron chi connectivity index (χ1n) is 6.33. The van der Waals surface area contributed by atoms with Crippen LogP contribution in [0.25, 0.3) is 11.0 Å². The van der Waals surface area contributed by atoms with Crippen molar-refractivity contribution in [2.45, 2.75) is 13.5 Å². The van der Waals surface area contributed by atoms with Gasteiger partial charge in [0.05, 0.1) is 18.1 Å². The second-order valence-electron chi connectivity index (χ2n) is 4.59. The molecule has 3 rings (SSSR count). The lowest BCUT2D eigenvalue weighted by molar-refractivity contribution is 0.414. The molecule has 3 heteroatoms. The van der Waals surface area contributed by atoms with Crippen molar-refractivity contribution in [3.8, 4) is 5.75 Å². The minimum atomic E-state index is 0.809. The van der Waals surface area contributed by atoms with E-state index in [1.807, 2.05) is 37.3 Å². The molecule has 2 aromatic carbocycles. The second kappa shape index (κ2) is 4.76. The highest BCUT2D eigenvalue weighted by molar-refractivity contribution is 5.75. The SMILES string of the molecule is COc1cccc(Cn2c(C)nc3ccccc32)c1. The van der Waals surface area contributed by atoms with Gasteiger partial charge in [0.2, 0.25) is 0 Å². The normalized spacial score (nSPS) is 10.8. The van der Waals surface area contributed by atoms with Gasteiger partial charge in [-0.25, -0.2) is 4.98 Å². The van der Waals surface area contributed by atoms with Gasteiger partial charge in [0, 0.05) is 6.54 Å². The number of imidazole rings is 1. The van der Waals surface area contributed by atoms with Gasteiger partial charge in [0.1, 0.15) is 11.6 Å². The van der Waals surface area contributed by atoms with Crippen LogP contribution in [-0.4, -0.2) is 16.7 Å². The van der Waals surface area contributed by atoms with Crippen molar-refractivity contribution in [1.82, 2.24) is 9.55 Å². The van der Waals surface area contributed by atoms with Gasteiger partial charge >= 0.3 is 0 Å². The van der Waals surface area contributed by atoms with Crippen molar-refractivity contribution >= 4 is 11.0 Å². The average Bonchev–Trinajstić information content (AvgIpc) is 2.76. The Labute approximate surface area is 112 Å². The number of para-hydroxylation sites is 2. The average molecular weight is 252 g/mol. The number of aromatic nitrogens is 2. The molecule has 3 aromatic rings. The summed E-state index contributed by atoms with van der Waals surface area (Å²) in [6, 6.07) is 16.4. The number of methoxy groups -OCH3 is 1. The zero-order valence-electron chi connectivity index (χ0n) is 11.1. The summed E-state index contributed by atoms with van der Waals surface area (Å²) in [6.07, 6.45) is 0. The molecule has 19 heavy (non-hydrogen) atoms. The van der Waals surface area contributed by atoms with Crippen LogP contribution in [-0.2, 0) is 6.54 Å². The van der Waals surface area contributed by atoms with E-state index in [2.05, 4.69) is 27.8 Å². The van der Waals surface area contributed by atoms with E-state index in [4.69, 9.17) is 4.74 Å². The Morgan fingerprint density at radius 1 is 1.11 bits per heavy atom. The molecule has 0 N–H and O–H groups in total. The van der Waals surface area contributed by atoms with Gasteiger partial charge in [-0.2, -0.15) is 0 Å². The van der Waals surface area contributed by atoms with Crippen LogP contribution in [0.4, 0.5) is 0 Å². The molecule has 0 unspecified atom stereocenters. The third-order valence-electron chi connectivity index (χ3n) is 3.32. The van der Waals surface area contributed by atoms with Crippen molar-refractivity contribution in [3.63, 3.8) is 0 Å². The lowest BCUT2D eigenvalue weighted by atomic mass is 10.2. The monoisotopic (exact) mass is 252 g/mol. The van der Waals surface area contributed by atoms with Crippen molar-refractivity contribution in [3.05, 3.63) is 59.9 Å². The van der Waals surface area contributed by atoms with Crippen LogP contribution in [0.1, 0.15) is 11.4 Å². The molecular formula is C16H16N2O. The van der Waals surface area contributed by atoms with Crippen LogP contribution in [0.15, 0.2) is 48.5 Å². The first-order chi connectivity index (χ1) is 9.28. The molecule has 0 fully saturated rings. The van der Waals surface area contributed by atoms with Crippen LogP contribution in [0.5, 0.6) is 5.75 Å². The predicted molar refractivity (Wildman–Crippen MR) is 76.6 cm³/mol. The Kier molecular flexibility index (Phi) is 2.95. The number of aryl methyl sites for hydroxylation is 1. The Bertz CT molecular complexity index is 716. The Morgan fingerprint density at radius 3 is 2.79 bits per heavy atom. The molecule has 3 nitrogen and oxygen atoms in total. The van der Waals surface area contributed by atoms with E-state index in [0.717, 1.165) is 23.6 Å². The molecule has 1 aromatic heterocycles. The van der Waals surface area contributed by atoms with Gasteiger partial charge in [0.15, 0.2) is 0 Å². The van der Waals surface area contributed by atoms with Crippen molar-refractivity contribution < 1.29 is 4.74 Å². The maximum absolute atomic E-state index is 5.27. The molecular weight excluding hydrogens is 236 g/mol. The van der Waals surface area contributed by atoms with Crippen LogP contribution >= 0.6 is 0 Å². The third-order valence-corrected chi connectivity index (χ3v) is 3.32. The molecule has 0 bridgehead atoms. The fourth-order valence-corrected chi connectivity index (χ4v) is 2.35. The van der Waals surface area contributed by atoms with Crippen molar-refractivity contribution in [1.29, 1.82) is 0 Å². The Morgan fingerprint density at radius 2 is 1.95 bits per heavy atom. The van der Waals surface area contributed by atoms with E-state index >= 15 is 0 Å². The summed E-state index contributed by atoms with van der Waals surface area (Å²) < 4.78 is 7.49. The van der Waals surface area contributed by atoms with Gasteiger partial charge < -0.3 is 9.30 Å². The number of nitrogens with zero attached hydrogens (tertiary/aromatic N) is 2. The molecule has 0 amide bonds. The Hall–Kier alpha value is -2.29. The first kappa shape index (κ1) is 11.8. The summed E-state index contributed by atoms with van der Waals surface area (Å²) in [5, 5.41) is 0. The lowest BCUT2D eigenvalue weighted by Crippen LogP contribution is -2.02. The van der Waals surface area contributed by atoms with Crippen LogP contribution < -0.4 is 4.74 Å². The highest BCUT2D eigenvalue weighted by Gasteiger charge is 2.07. The van der Waals surface area contributed by atoms with Crippen molar-refractivity contribution in [2.75, 3.05) is 7.11 Å².